The van der Waals surface area contributed by atoms with Crippen LogP contribution in [0.2, 0.25) is 5.02 Å². The third kappa shape index (κ3) is 5.78. The topological polar surface area (TPSA) is 129 Å². The van der Waals surface area contributed by atoms with Crippen molar-refractivity contribution in [3.63, 3.8) is 0 Å². The van der Waals surface area contributed by atoms with Gasteiger partial charge < -0.3 is 24.3 Å². The highest BCUT2D eigenvalue weighted by Gasteiger charge is 2.20. The lowest BCUT2D eigenvalue weighted by Crippen LogP contribution is -2.22. The van der Waals surface area contributed by atoms with Crippen LogP contribution in [0.25, 0.3) is 0 Å². The monoisotopic (exact) mass is 472 g/mol. The van der Waals surface area contributed by atoms with E-state index in [9.17, 15) is 18.0 Å². The Morgan fingerprint density at radius 2 is 1.61 bits per heavy atom. The molecule has 0 aliphatic carbocycles. The van der Waals surface area contributed by atoms with E-state index in [1.54, 1.807) is 0 Å². The molecule has 0 saturated heterocycles. The van der Waals surface area contributed by atoms with Gasteiger partial charge in [0.1, 0.15) is 4.90 Å². The average Bonchev–Trinajstić information content (AvgIpc) is 2.76. The highest BCUT2D eigenvalue weighted by atomic mass is 35.5. The average molecular weight is 473 g/mol. The molecule has 168 valence electrons. The fourth-order valence-electron chi connectivity index (χ4n) is 2.51. The Labute approximate surface area is 184 Å². The van der Waals surface area contributed by atoms with E-state index in [0.29, 0.717) is 22.9 Å². The van der Waals surface area contributed by atoms with Crippen LogP contribution in [0.4, 0.5) is 5.69 Å². The molecule has 0 aromatic heterocycles. The van der Waals surface area contributed by atoms with Crippen molar-refractivity contribution in [3.8, 4) is 17.2 Å². The minimum Gasteiger partial charge on any atom is -0.493 e. The van der Waals surface area contributed by atoms with Gasteiger partial charge >= 0.3 is 5.97 Å². The van der Waals surface area contributed by atoms with Gasteiger partial charge in [0.2, 0.25) is 15.8 Å². The minimum absolute atomic E-state index is 0.0638. The molecular weight excluding hydrogens is 452 g/mol. The predicted octanol–water partition coefficient (Wildman–Crippen LogP) is 2.07. The summed E-state index contributed by atoms with van der Waals surface area (Å²) in [4.78, 5) is 24.2. The number of hydrogen-bond acceptors (Lipinski definition) is 8. The molecule has 0 heterocycles. The zero-order valence-corrected chi connectivity index (χ0v) is 18.7. The van der Waals surface area contributed by atoms with E-state index in [2.05, 4.69) is 10.0 Å². The number of anilines is 1. The number of carbonyl (C=O) groups excluding carboxylic acids is 2. The Bertz CT molecular complexity index is 1060. The molecule has 0 atom stereocenters. The van der Waals surface area contributed by atoms with Gasteiger partial charge in [0, 0.05) is 17.8 Å². The number of sulfonamides is 1. The Balaban J connectivity index is 2.10. The first-order valence-corrected chi connectivity index (χ1v) is 10.5. The van der Waals surface area contributed by atoms with Crippen molar-refractivity contribution in [2.75, 3.05) is 40.3 Å². The van der Waals surface area contributed by atoms with Crippen LogP contribution in [0.5, 0.6) is 17.2 Å². The Kier molecular flexibility index (Phi) is 8.08. The maximum atomic E-state index is 12.2. The number of hydrogen-bond donors (Lipinski definition) is 2. The number of halogens is 1. The van der Waals surface area contributed by atoms with Gasteiger partial charge in [-0.05, 0) is 25.2 Å². The smallest absolute Gasteiger partial charge is 0.338 e. The van der Waals surface area contributed by atoms with E-state index < -0.39 is 28.5 Å². The lowest BCUT2D eigenvalue weighted by molar-refractivity contribution is -0.119. The van der Waals surface area contributed by atoms with E-state index >= 15 is 0 Å². The molecule has 12 heteroatoms. The van der Waals surface area contributed by atoms with E-state index in [0.717, 1.165) is 6.07 Å². The summed E-state index contributed by atoms with van der Waals surface area (Å²) in [6.07, 6.45) is 0. The van der Waals surface area contributed by atoms with Crippen LogP contribution in [-0.4, -0.2) is 55.3 Å². The standard InChI is InChI=1S/C19H21ClN2O8S/c1-21-31(25,26)16-7-11(5-6-13(16)20)19(24)30-10-17(23)22-12-8-14(27-2)18(29-4)15(9-12)28-3/h5-9,21H,10H2,1-4H3,(H,22,23). The van der Waals surface area contributed by atoms with Crippen molar-refractivity contribution < 1.29 is 37.0 Å². The summed E-state index contributed by atoms with van der Waals surface area (Å²) in [6, 6.07) is 6.62. The van der Waals surface area contributed by atoms with E-state index in [4.69, 9.17) is 30.5 Å². The molecule has 0 saturated carbocycles. The molecule has 0 aliphatic rings. The van der Waals surface area contributed by atoms with Crippen LogP contribution in [0, 0.1) is 0 Å². The molecule has 2 aromatic carbocycles. The minimum atomic E-state index is -3.88. The fourth-order valence-corrected chi connectivity index (χ4v) is 3.76. The van der Waals surface area contributed by atoms with Crippen molar-refractivity contribution in [1.82, 2.24) is 4.72 Å². The molecule has 0 bridgehead atoms. The SMILES string of the molecule is CNS(=O)(=O)c1cc(C(=O)OCC(=O)Nc2cc(OC)c(OC)c(OC)c2)ccc1Cl. The van der Waals surface area contributed by atoms with E-state index in [1.807, 2.05) is 0 Å². The molecule has 0 aliphatic heterocycles. The quantitative estimate of drug-likeness (QED) is 0.530. The van der Waals surface area contributed by atoms with Gasteiger partial charge in [-0.15, -0.1) is 0 Å². The highest BCUT2D eigenvalue weighted by Crippen LogP contribution is 2.39. The first-order chi connectivity index (χ1) is 14.7. The Morgan fingerprint density at radius 3 is 2.13 bits per heavy atom. The van der Waals surface area contributed by atoms with Gasteiger partial charge in [-0.25, -0.2) is 17.9 Å². The van der Waals surface area contributed by atoms with Gasteiger partial charge in [-0.2, -0.15) is 0 Å². The van der Waals surface area contributed by atoms with Crippen LogP contribution < -0.4 is 24.2 Å². The maximum Gasteiger partial charge on any atom is 0.338 e. The molecular formula is C19H21ClN2O8S. The number of esters is 1. The molecule has 10 nitrogen and oxygen atoms in total. The second kappa shape index (κ2) is 10.3. The van der Waals surface area contributed by atoms with Gasteiger partial charge in [0.25, 0.3) is 5.91 Å². The number of methoxy groups -OCH3 is 3. The van der Waals surface area contributed by atoms with E-state index in [-0.39, 0.29) is 15.5 Å². The van der Waals surface area contributed by atoms with Gasteiger partial charge in [-0.1, -0.05) is 11.6 Å². The number of carbonyl (C=O) groups is 2. The summed E-state index contributed by atoms with van der Waals surface area (Å²) in [5.74, 6) is -0.532. The summed E-state index contributed by atoms with van der Waals surface area (Å²) >= 11 is 5.89. The maximum absolute atomic E-state index is 12.2. The third-order valence-electron chi connectivity index (χ3n) is 4.01. The molecule has 0 radical (unpaired) electrons. The van der Waals surface area contributed by atoms with Crippen LogP contribution in [0.3, 0.4) is 0 Å². The van der Waals surface area contributed by atoms with Crippen molar-refractivity contribution in [1.29, 1.82) is 0 Å². The number of rotatable bonds is 9. The summed E-state index contributed by atoms with van der Waals surface area (Å²) in [5, 5.41) is 2.48. The zero-order chi connectivity index (χ0) is 23.2. The first-order valence-electron chi connectivity index (χ1n) is 8.67. The number of benzene rings is 2. The van der Waals surface area contributed by atoms with Gasteiger partial charge in [0.15, 0.2) is 18.1 Å². The van der Waals surface area contributed by atoms with Gasteiger partial charge in [0.05, 0.1) is 31.9 Å². The fraction of sp³-hybridized carbons (Fsp3) is 0.263. The van der Waals surface area contributed by atoms with Crippen molar-refractivity contribution in [2.24, 2.45) is 0 Å². The van der Waals surface area contributed by atoms with Crippen molar-refractivity contribution in [2.45, 2.75) is 4.90 Å². The molecule has 0 spiro atoms. The summed E-state index contributed by atoms with van der Waals surface area (Å²) < 4.78 is 46.6. The molecule has 1 amide bonds. The van der Waals surface area contributed by atoms with Gasteiger partial charge in [-0.3, -0.25) is 4.79 Å². The molecule has 0 fully saturated rings. The second-order valence-corrected chi connectivity index (χ2v) is 8.15. The summed E-state index contributed by atoms with van der Waals surface area (Å²) in [7, 11) is 1.64. The van der Waals surface area contributed by atoms with Crippen LogP contribution in [-0.2, 0) is 19.6 Å². The largest absolute Gasteiger partial charge is 0.493 e. The predicted molar refractivity (Wildman–Crippen MR) is 113 cm³/mol. The number of ether oxygens (including phenoxy) is 4. The van der Waals surface area contributed by atoms with Crippen LogP contribution >= 0.6 is 11.6 Å². The van der Waals surface area contributed by atoms with Crippen LogP contribution in [0.1, 0.15) is 10.4 Å². The Morgan fingerprint density at radius 1 is 1.00 bits per heavy atom. The van der Waals surface area contributed by atoms with Crippen LogP contribution in [0.15, 0.2) is 35.2 Å². The van der Waals surface area contributed by atoms with Crippen molar-refractivity contribution >= 4 is 39.2 Å². The zero-order valence-electron chi connectivity index (χ0n) is 17.1. The molecule has 0 unspecified atom stereocenters. The highest BCUT2D eigenvalue weighted by molar-refractivity contribution is 7.89. The Hall–Kier alpha value is -3.02. The molecule has 2 N–H and O–H groups in total. The number of amides is 1. The van der Waals surface area contributed by atoms with Crippen molar-refractivity contribution in [3.05, 3.63) is 40.9 Å². The second-order valence-electron chi connectivity index (χ2n) is 5.89. The molecule has 2 aromatic rings. The molecule has 31 heavy (non-hydrogen) atoms. The molecule has 2 rings (SSSR count). The normalized spacial score (nSPS) is 10.9. The summed E-state index contributed by atoms with van der Waals surface area (Å²) in [6.45, 7) is -0.619. The third-order valence-corrected chi connectivity index (χ3v) is 5.90. The number of nitrogens with one attached hydrogen (secondary N) is 2. The summed E-state index contributed by atoms with van der Waals surface area (Å²) in [5.41, 5.74) is 0.239. The lowest BCUT2D eigenvalue weighted by atomic mass is 10.2. The first kappa shape index (κ1) is 24.3. The van der Waals surface area contributed by atoms with E-state index in [1.165, 1.54) is 52.6 Å². The lowest BCUT2D eigenvalue weighted by Gasteiger charge is -2.14.